The third kappa shape index (κ3) is 3.46. The van der Waals surface area contributed by atoms with E-state index >= 15 is 0 Å². The minimum Gasteiger partial charge on any atom is -0.335 e. The van der Waals surface area contributed by atoms with Crippen LogP contribution < -0.4 is 4.90 Å². The van der Waals surface area contributed by atoms with E-state index in [0.717, 1.165) is 9.75 Å². The molecule has 0 atom stereocenters. The van der Waals surface area contributed by atoms with E-state index in [-0.39, 0.29) is 11.9 Å². The lowest BCUT2D eigenvalue weighted by Gasteiger charge is -2.27. The third-order valence-electron chi connectivity index (χ3n) is 4.83. The molecule has 1 aromatic carbocycles. The van der Waals surface area contributed by atoms with Crippen LogP contribution in [-0.2, 0) is 0 Å². The van der Waals surface area contributed by atoms with Gasteiger partial charge in [-0.05, 0) is 64.1 Å². The first-order valence-corrected chi connectivity index (χ1v) is 10.4. The van der Waals surface area contributed by atoms with Crippen LogP contribution in [0.5, 0.6) is 0 Å². The summed E-state index contributed by atoms with van der Waals surface area (Å²) in [5.74, 6) is -0.187. The highest BCUT2D eigenvalue weighted by molar-refractivity contribution is 7.15. The molecule has 0 unspecified atom stereocenters. The first kappa shape index (κ1) is 19.8. The van der Waals surface area contributed by atoms with E-state index < -0.39 is 0 Å². The second-order valence-electron chi connectivity index (χ2n) is 7.34. The summed E-state index contributed by atoms with van der Waals surface area (Å²) in [6.07, 6.45) is 0. The van der Waals surface area contributed by atoms with Crippen molar-refractivity contribution in [1.82, 2.24) is 10.1 Å². The average Bonchev–Trinajstić information content (AvgIpc) is 3.33. The lowest BCUT2D eigenvalue weighted by atomic mass is 10.1. The number of amides is 1. The zero-order chi connectivity index (χ0) is 21.4. The molecule has 3 heterocycles. The summed E-state index contributed by atoms with van der Waals surface area (Å²) in [5.41, 5.74) is 3.28. The van der Waals surface area contributed by atoms with Crippen LogP contribution in [-0.4, -0.2) is 22.1 Å². The van der Waals surface area contributed by atoms with E-state index in [9.17, 15) is 10.1 Å². The molecule has 6 nitrogen and oxygen atoms in total. The van der Waals surface area contributed by atoms with Gasteiger partial charge in [-0.2, -0.15) is 5.26 Å². The Morgan fingerprint density at radius 3 is 2.67 bits per heavy atom. The highest BCUT2D eigenvalue weighted by Crippen LogP contribution is 2.32. The number of nitriles is 1. The van der Waals surface area contributed by atoms with Crippen molar-refractivity contribution in [1.29, 1.82) is 5.26 Å². The standard InChI is InChI=1S/C23H20N4O2S/c1-13(2)27(17-7-5-6-16(10-17)12-24)23(28)18-11-19(20-9-8-14(3)30-20)25-22-21(18)15(4)26-29-22/h5-11,13H,1-4H3. The molecule has 0 N–H and O–H groups in total. The fourth-order valence-corrected chi connectivity index (χ4v) is 4.29. The van der Waals surface area contributed by atoms with Gasteiger partial charge in [-0.3, -0.25) is 4.79 Å². The molecule has 0 aliphatic heterocycles. The van der Waals surface area contributed by atoms with E-state index in [1.165, 1.54) is 0 Å². The fourth-order valence-electron chi connectivity index (χ4n) is 3.47. The predicted molar refractivity (Wildman–Crippen MR) is 118 cm³/mol. The van der Waals surface area contributed by atoms with Gasteiger partial charge in [0, 0.05) is 16.6 Å². The Balaban J connectivity index is 1.90. The summed E-state index contributed by atoms with van der Waals surface area (Å²) in [7, 11) is 0. The summed E-state index contributed by atoms with van der Waals surface area (Å²) < 4.78 is 5.42. The number of nitrogens with zero attached hydrogens (tertiary/aromatic N) is 4. The summed E-state index contributed by atoms with van der Waals surface area (Å²) in [4.78, 5) is 22.2. The van der Waals surface area contributed by atoms with Crippen LogP contribution in [0.3, 0.4) is 0 Å². The van der Waals surface area contributed by atoms with Gasteiger partial charge in [0.2, 0.25) is 0 Å². The molecular weight excluding hydrogens is 396 g/mol. The number of carbonyl (C=O) groups excluding carboxylic acids is 1. The Labute approximate surface area is 178 Å². The topological polar surface area (TPSA) is 83.0 Å². The maximum atomic E-state index is 13.8. The van der Waals surface area contributed by atoms with E-state index in [1.807, 2.05) is 45.0 Å². The second kappa shape index (κ2) is 7.73. The van der Waals surface area contributed by atoms with Gasteiger partial charge in [0.15, 0.2) is 0 Å². The molecule has 0 saturated heterocycles. The summed E-state index contributed by atoms with van der Waals surface area (Å²) >= 11 is 1.61. The lowest BCUT2D eigenvalue weighted by Crippen LogP contribution is -2.37. The summed E-state index contributed by atoms with van der Waals surface area (Å²) in [5, 5.41) is 13.9. The van der Waals surface area contributed by atoms with Crippen molar-refractivity contribution in [2.45, 2.75) is 33.7 Å². The minimum absolute atomic E-state index is 0.123. The molecule has 1 amide bonds. The van der Waals surface area contributed by atoms with Gasteiger partial charge in [-0.15, -0.1) is 11.3 Å². The third-order valence-corrected chi connectivity index (χ3v) is 5.85. The van der Waals surface area contributed by atoms with Crippen molar-refractivity contribution in [2.75, 3.05) is 4.90 Å². The van der Waals surface area contributed by atoms with Gasteiger partial charge in [0.1, 0.15) is 0 Å². The molecule has 3 aromatic heterocycles. The van der Waals surface area contributed by atoms with Gasteiger partial charge in [0.25, 0.3) is 11.6 Å². The number of fused-ring (bicyclic) bond motifs is 1. The highest BCUT2D eigenvalue weighted by atomic mass is 32.1. The predicted octanol–water partition coefficient (Wildman–Crippen LogP) is 5.50. The highest BCUT2D eigenvalue weighted by Gasteiger charge is 2.26. The molecule has 150 valence electrons. The van der Waals surface area contributed by atoms with Crippen LogP contribution >= 0.6 is 11.3 Å². The van der Waals surface area contributed by atoms with Crippen molar-refractivity contribution in [3.63, 3.8) is 0 Å². The number of aromatic nitrogens is 2. The lowest BCUT2D eigenvalue weighted by molar-refractivity contribution is 0.0981. The Morgan fingerprint density at radius 2 is 2.00 bits per heavy atom. The van der Waals surface area contributed by atoms with Crippen molar-refractivity contribution in [3.05, 3.63) is 64.2 Å². The van der Waals surface area contributed by atoms with Crippen molar-refractivity contribution < 1.29 is 9.32 Å². The summed E-state index contributed by atoms with van der Waals surface area (Å²) in [6, 6.07) is 14.9. The smallest absolute Gasteiger partial charge is 0.259 e. The molecule has 7 heteroatoms. The zero-order valence-electron chi connectivity index (χ0n) is 17.1. The van der Waals surface area contributed by atoms with Crippen LogP contribution in [0.2, 0.25) is 0 Å². The number of hydrogen-bond acceptors (Lipinski definition) is 6. The number of benzene rings is 1. The Morgan fingerprint density at radius 1 is 1.20 bits per heavy atom. The van der Waals surface area contributed by atoms with Crippen molar-refractivity contribution in [3.8, 4) is 16.6 Å². The number of carbonyl (C=O) groups is 1. The molecule has 0 bridgehead atoms. The Kier molecular flexibility index (Phi) is 5.10. The van der Waals surface area contributed by atoms with Gasteiger partial charge in [-0.25, -0.2) is 4.98 Å². The van der Waals surface area contributed by atoms with Crippen LogP contribution in [0.4, 0.5) is 5.69 Å². The second-order valence-corrected chi connectivity index (χ2v) is 8.63. The number of aryl methyl sites for hydroxylation is 2. The SMILES string of the molecule is Cc1ccc(-c2cc(C(=O)N(c3cccc(C#N)c3)C(C)C)c3c(C)noc3n2)s1. The molecule has 0 saturated carbocycles. The minimum atomic E-state index is -0.187. The van der Waals surface area contributed by atoms with E-state index in [1.54, 1.807) is 41.4 Å². The number of rotatable bonds is 4. The van der Waals surface area contributed by atoms with Gasteiger partial charge >= 0.3 is 0 Å². The maximum Gasteiger partial charge on any atom is 0.259 e. The van der Waals surface area contributed by atoms with E-state index in [4.69, 9.17) is 4.52 Å². The van der Waals surface area contributed by atoms with Crippen LogP contribution in [0.1, 0.15) is 40.3 Å². The fraction of sp³-hybridized carbons (Fsp3) is 0.217. The Hall–Kier alpha value is -3.50. The molecular formula is C23H20N4O2S. The molecule has 4 rings (SSSR count). The normalized spacial score (nSPS) is 11.1. The molecule has 0 aliphatic rings. The molecule has 30 heavy (non-hydrogen) atoms. The molecule has 0 spiro atoms. The van der Waals surface area contributed by atoms with Gasteiger partial charge in [-0.1, -0.05) is 11.2 Å². The first-order valence-electron chi connectivity index (χ1n) is 9.56. The quantitative estimate of drug-likeness (QED) is 0.439. The molecule has 0 radical (unpaired) electrons. The van der Waals surface area contributed by atoms with Crippen LogP contribution in [0.25, 0.3) is 21.7 Å². The first-order chi connectivity index (χ1) is 14.4. The number of pyridine rings is 1. The molecule has 4 aromatic rings. The number of hydrogen-bond donors (Lipinski definition) is 0. The van der Waals surface area contributed by atoms with Gasteiger partial charge < -0.3 is 9.42 Å². The van der Waals surface area contributed by atoms with Crippen molar-refractivity contribution in [2.24, 2.45) is 0 Å². The van der Waals surface area contributed by atoms with Crippen LogP contribution in [0, 0.1) is 25.2 Å². The largest absolute Gasteiger partial charge is 0.335 e. The maximum absolute atomic E-state index is 13.8. The monoisotopic (exact) mass is 416 g/mol. The molecule has 0 aliphatic carbocycles. The average molecular weight is 417 g/mol. The number of thiophene rings is 1. The zero-order valence-corrected chi connectivity index (χ0v) is 17.9. The van der Waals surface area contributed by atoms with Crippen LogP contribution in [0.15, 0.2) is 47.0 Å². The van der Waals surface area contributed by atoms with Crippen molar-refractivity contribution >= 4 is 34.0 Å². The molecule has 0 fully saturated rings. The van der Waals surface area contributed by atoms with E-state index in [0.29, 0.717) is 39.3 Å². The number of anilines is 1. The van der Waals surface area contributed by atoms with Gasteiger partial charge in [0.05, 0.1) is 38.8 Å². The van der Waals surface area contributed by atoms with E-state index in [2.05, 4.69) is 16.2 Å². The Bertz CT molecular complexity index is 1300. The summed E-state index contributed by atoms with van der Waals surface area (Å²) in [6.45, 7) is 7.72.